The van der Waals surface area contributed by atoms with Crippen LogP contribution in [0.5, 0.6) is 0 Å². The molecule has 0 radical (unpaired) electrons. The SMILES string of the molecule is CN(Cc1ccccc1F)Cc1ccccc1C(=O)NN. The highest BCUT2D eigenvalue weighted by Crippen LogP contribution is 2.14. The van der Waals surface area contributed by atoms with E-state index in [1.165, 1.54) is 6.07 Å². The average molecular weight is 287 g/mol. The third-order valence-electron chi connectivity index (χ3n) is 3.23. The highest BCUT2D eigenvalue weighted by Gasteiger charge is 2.12. The zero-order valence-corrected chi connectivity index (χ0v) is 11.8. The van der Waals surface area contributed by atoms with Gasteiger partial charge in [0.2, 0.25) is 0 Å². The molecule has 0 aromatic heterocycles. The second-order valence-corrected chi connectivity index (χ2v) is 4.89. The van der Waals surface area contributed by atoms with E-state index in [9.17, 15) is 9.18 Å². The summed E-state index contributed by atoms with van der Waals surface area (Å²) in [5, 5.41) is 0. The van der Waals surface area contributed by atoms with E-state index in [2.05, 4.69) is 5.43 Å². The fraction of sp³-hybridized carbons (Fsp3) is 0.188. The maximum Gasteiger partial charge on any atom is 0.265 e. The van der Waals surface area contributed by atoms with E-state index >= 15 is 0 Å². The number of hydrogen-bond acceptors (Lipinski definition) is 3. The number of amides is 1. The monoisotopic (exact) mass is 287 g/mol. The number of rotatable bonds is 5. The Morgan fingerprint density at radius 1 is 1.10 bits per heavy atom. The third-order valence-corrected chi connectivity index (χ3v) is 3.23. The van der Waals surface area contributed by atoms with Crippen molar-refractivity contribution in [2.24, 2.45) is 5.84 Å². The number of nitrogens with two attached hydrogens (primary N) is 1. The molecule has 0 atom stereocenters. The van der Waals surface area contributed by atoms with Gasteiger partial charge < -0.3 is 0 Å². The van der Waals surface area contributed by atoms with Crippen molar-refractivity contribution in [2.45, 2.75) is 13.1 Å². The fourth-order valence-electron chi connectivity index (χ4n) is 2.22. The second kappa shape index (κ2) is 6.97. The van der Waals surface area contributed by atoms with Gasteiger partial charge in [-0.2, -0.15) is 0 Å². The largest absolute Gasteiger partial charge is 0.298 e. The molecular formula is C16H18FN3O. The first-order valence-corrected chi connectivity index (χ1v) is 6.62. The van der Waals surface area contributed by atoms with Crippen molar-refractivity contribution in [2.75, 3.05) is 7.05 Å². The lowest BCUT2D eigenvalue weighted by Gasteiger charge is -2.18. The normalized spacial score (nSPS) is 10.7. The van der Waals surface area contributed by atoms with Gasteiger partial charge in [0.1, 0.15) is 5.82 Å². The van der Waals surface area contributed by atoms with E-state index in [1.807, 2.05) is 30.1 Å². The van der Waals surface area contributed by atoms with Crippen LogP contribution in [0, 0.1) is 5.82 Å². The number of nitrogens with one attached hydrogen (secondary N) is 1. The lowest BCUT2D eigenvalue weighted by atomic mass is 10.1. The number of benzene rings is 2. The molecule has 3 N–H and O–H groups in total. The van der Waals surface area contributed by atoms with Gasteiger partial charge in [0.25, 0.3) is 5.91 Å². The lowest BCUT2D eigenvalue weighted by Crippen LogP contribution is -2.31. The van der Waals surface area contributed by atoms with E-state index < -0.39 is 0 Å². The van der Waals surface area contributed by atoms with Gasteiger partial charge in [0, 0.05) is 24.2 Å². The molecule has 0 spiro atoms. The van der Waals surface area contributed by atoms with Crippen LogP contribution in [0.3, 0.4) is 0 Å². The summed E-state index contributed by atoms with van der Waals surface area (Å²) in [6.45, 7) is 0.989. The minimum atomic E-state index is -0.329. The van der Waals surface area contributed by atoms with Crippen molar-refractivity contribution >= 4 is 5.91 Å². The van der Waals surface area contributed by atoms with Gasteiger partial charge in [-0.15, -0.1) is 0 Å². The van der Waals surface area contributed by atoms with Crippen LogP contribution in [0.2, 0.25) is 0 Å². The molecule has 0 bridgehead atoms. The number of hydrazine groups is 1. The van der Waals surface area contributed by atoms with Crippen molar-refractivity contribution in [3.05, 3.63) is 71.0 Å². The van der Waals surface area contributed by atoms with Crippen LogP contribution < -0.4 is 11.3 Å². The quantitative estimate of drug-likeness (QED) is 0.503. The highest BCUT2D eigenvalue weighted by atomic mass is 19.1. The fourth-order valence-corrected chi connectivity index (χ4v) is 2.22. The van der Waals surface area contributed by atoms with Gasteiger partial charge >= 0.3 is 0 Å². The Bertz CT molecular complexity index is 630. The second-order valence-electron chi connectivity index (χ2n) is 4.89. The van der Waals surface area contributed by atoms with Gasteiger partial charge in [-0.1, -0.05) is 36.4 Å². The molecular weight excluding hydrogens is 269 g/mol. The van der Waals surface area contributed by atoms with Crippen LogP contribution in [0.25, 0.3) is 0 Å². The Hall–Kier alpha value is -2.24. The summed E-state index contributed by atoms with van der Waals surface area (Å²) < 4.78 is 13.6. The number of nitrogen functional groups attached to an aromatic ring is 1. The Labute approximate surface area is 123 Å². The molecule has 2 rings (SSSR count). The first-order chi connectivity index (χ1) is 10.1. The van der Waals surface area contributed by atoms with E-state index in [4.69, 9.17) is 5.84 Å². The summed E-state index contributed by atoms with van der Waals surface area (Å²) >= 11 is 0. The van der Waals surface area contributed by atoms with Crippen molar-refractivity contribution in [1.82, 2.24) is 10.3 Å². The van der Waals surface area contributed by atoms with Crippen LogP contribution in [-0.2, 0) is 13.1 Å². The smallest absolute Gasteiger partial charge is 0.265 e. The third kappa shape index (κ3) is 3.87. The lowest BCUT2D eigenvalue weighted by molar-refractivity contribution is 0.0952. The van der Waals surface area contributed by atoms with Crippen molar-refractivity contribution < 1.29 is 9.18 Å². The Morgan fingerprint density at radius 3 is 2.33 bits per heavy atom. The summed E-state index contributed by atoms with van der Waals surface area (Å²) in [4.78, 5) is 13.7. The number of halogens is 1. The molecule has 4 nitrogen and oxygen atoms in total. The molecule has 0 saturated heterocycles. The predicted octanol–water partition coefficient (Wildman–Crippen LogP) is 2.06. The minimum absolute atomic E-state index is 0.225. The van der Waals surface area contributed by atoms with Gasteiger partial charge in [-0.05, 0) is 24.7 Å². The molecule has 0 saturated carbocycles. The molecule has 21 heavy (non-hydrogen) atoms. The topological polar surface area (TPSA) is 58.4 Å². The summed E-state index contributed by atoms with van der Waals surface area (Å²) in [6.07, 6.45) is 0. The Morgan fingerprint density at radius 2 is 1.67 bits per heavy atom. The standard InChI is InChI=1S/C16H18FN3O/c1-20(11-13-7-3-5-9-15(13)17)10-12-6-2-4-8-14(12)16(21)19-18/h2-9H,10-11,18H2,1H3,(H,19,21). The predicted molar refractivity (Wildman–Crippen MR) is 79.7 cm³/mol. The van der Waals surface area contributed by atoms with Crippen LogP contribution in [0.15, 0.2) is 48.5 Å². The molecule has 0 unspecified atom stereocenters. The molecule has 2 aromatic rings. The molecule has 0 aliphatic rings. The maximum atomic E-state index is 13.6. The van der Waals surface area contributed by atoms with E-state index in [0.29, 0.717) is 24.2 Å². The molecule has 110 valence electrons. The Kier molecular flexibility index (Phi) is 5.03. The summed E-state index contributed by atoms with van der Waals surface area (Å²) in [6, 6.07) is 13.9. The van der Waals surface area contributed by atoms with E-state index in [0.717, 1.165) is 5.56 Å². The van der Waals surface area contributed by atoms with Crippen molar-refractivity contribution in [1.29, 1.82) is 0 Å². The summed E-state index contributed by atoms with van der Waals surface area (Å²) in [7, 11) is 1.88. The number of hydrogen-bond donors (Lipinski definition) is 2. The van der Waals surface area contributed by atoms with Crippen LogP contribution in [0.1, 0.15) is 21.5 Å². The number of carbonyl (C=O) groups is 1. The summed E-state index contributed by atoms with van der Waals surface area (Å²) in [5.41, 5.74) is 4.14. The highest BCUT2D eigenvalue weighted by molar-refractivity contribution is 5.95. The van der Waals surface area contributed by atoms with E-state index in [-0.39, 0.29) is 11.7 Å². The summed E-state index contributed by atoms with van der Waals surface area (Å²) in [5.74, 6) is 4.63. The zero-order valence-electron chi connectivity index (χ0n) is 11.8. The number of nitrogens with zero attached hydrogens (tertiary/aromatic N) is 1. The van der Waals surface area contributed by atoms with Crippen molar-refractivity contribution in [3.63, 3.8) is 0 Å². The van der Waals surface area contributed by atoms with Gasteiger partial charge in [-0.3, -0.25) is 15.1 Å². The van der Waals surface area contributed by atoms with Crippen LogP contribution in [0.4, 0.5) is 4.39 Å². The van der Waals surface area contributed by atoms with Gasteiger partial charge in [0.15, 0.2) is 0 Å². The zero-order chi connectivity index (χ0) is 15.2. The molecule has 1 amide bonds. The molecule has 0 heterocycles. The molecule has 0 aliphatic carbocycles. The van der Waals surface area contributed by atoms with Crippen LogP contribution in [-0.4, -0.2) is 17.9 Å². The Balaban J connectivity index is 2.11. The first kappa shape index (κ1) is 15.2. The van der Waals surface area contributed by atoms with E-state index in [1.54, 1.807) is 24.3 Å². The van der Waals surface area contributed by atoms with Gasteiger partial charge in [-0.25, -0.2) is 10.2 Å². The van der Waals surface area contributed by atoms with Crippen molar-refractivity contribution in [3.8, 4) is 0 Å². The molecule has 2 aromatic carbocycles. The van der Waals surface area contributed by atoms with Crippen LogP contribution >= 0.6 is 0 Å². The van der Waals surface area contributed by atoms with Gasteiger partial charge in [0.05, 0.1) is 0 Å². The maximum absolute atomic E-state index is 13.6. The first-order valence-electron chi connectivity index (χ1n) is 6.62. The number of carbonyl (C=O) groups excluding carboxylic acids is 1. The molecule has 0 fully saturated rings. The molecule has 0 aliphatic heterocycles. The minimum Gasteiger partial charge on any atom is -0.298 e. The average Bonchev–Trinajstić information content (AvgIpc) is 2.49. The molecule has 5 heteroatoms.